The molecule has 1 aromatic carbocycles. The summed E-state index contributed by atoms with van der Waals surface area (Å²) in [5.41, 5.74) is 3.23. The summed E-state index contributed by atoms with van der Waals surface area (Å²) in [7, 11) is 1.62. The van der Waals surface area contributed by atoms with Crippen LogP contribution in [0.1, 0.15) is 69.3 Å². The minimum Gasteiger partial charge on any atom is -0.496 e. The number of ether oxygens (including phenoxy) is 1. The Morgan fingerprint density at radius 3 is 2.67 bits per heavy atom. The van der Waals surface area contributed by atoms with Crippen molar-refractivity contribution in [2.75, 3.05) is 12.0 Å². The zero-order chi connectivity index (χ0) is 15.8. The molecule has 0 spiro atoms. The molecule has 0 aliphatic carbocycles. The van der Waals surface area contributed by atoms with E-state index in [0.29, 0.717) is 23.3 Å². The molecule has 0 saturated heterocycles. The largest absolute Gasteiger partial charge is 0.496 e. The van der Waals surface area contributed by atoms with E-state index in [0.717, 1.165) is 19.1 Å². The van der Waals surface area contributed by atoms with Gasteiger partial charge < -0.3 is 9.64 Å². The highest BCUT2D eigenvalue weighted by Crippen LogP contribution is 2.46. The first kappa shape index (κ1) is 15.9. The maximum atomic E-state index is 11.3. The zero-order valence-corrected chi connectivity index (χ0v) is 14.1. The molecule has 0 unspecified atom stereocenters. The van der Waals surface area contributed by atoms with Gasteiger partial charge in [-0.1, -0.05) is 13.8 Å². The van der Waals surface area contributed by atoms with Crippen LogP contribution in [0.5, 0.6) is 5.75 Å². The quantitative estimate of drug-likeness (QED) is 0.769. The van der Waals surface area contributed by atoms with E-state index in [4.69, 9.17) is 4.74 Å². The maximum absolute atomic E-state index is 11.3. The topological polar surface area (TPSA) is 29.5 Å². The van der Waals surface area contributed by atoms with E-state index in [1.54, 1.807) is 7.11 Å². The van der Waals surface area contributed by atoms with Crippen LogP contribution in [0.4, 0.5) is 5.69 Å². The van der Waals surface area contributed by atoms with E-state index >= 15 is 0 Å². The van der Waals surface area contributed by atoms with Crippen molar-refractivity contribution in [1.82, 2.24) is 0 Å². The highest BCUT2D eigenvalue weighted by atomic mass is 16.5. The maximum Gasteiger partial charge on any atom is 0.153 e. The number of hydrogen-bond acceptors (Lipinski definition) is 3. The number of carbonyl (C=O) groups excluding carboxylic acids is 1. The van der Waals surface area contributed by atoms with E-state index in [2.05, 4.69) is 39.5 Å². The van der Waals surface area contributed by atoms with E-state index in [-0.39, 0.29) is 5.54 Å². The average molecular weight is 289 g/mol. The van der Waals surface area contributed by atoms with Crippen LogP contribution < -0.4 is 9.64 Å². The standard InChI is InChI=1S/C18H27NO2/c1-7-13(3)19-16-9-17(21-6)14(11-20)8-15(16)12(2)10-18(19,4)5/h8-9,11-13H,7,10H2,1-6H3/t12-,13-/m0/s1. The van der Waals surface area contributed by atoms with Gasteiger partial charge in [-0.15, -0.1) is 0 Å². The van der Waals surface area contributed by atoms with Crippen molar-refractivity contribution in [3.05, 3.63) is 23.3 Å². The van der Waals surface area contributed by atoms with E-state index in [1.165, 1.54) is 11.3 Å². The van der Waals surface area contributed by atoms with Gasteiger partial charge in [0.05, 0.1) is 12.7 Å². The third-order valence-corrected chi connectivity index (χ3v) is 4.79. The average Bonchev–Trinajstić information content (AvgIpc) is 2.44. The predicted molar refractivity (Wildman–Crippen MR) is 87.7 cm³/mol. The Balaban J connectivity index is 2.66. The molecule has 0 amide bonds. The van der Waals surface area contributed by atoms with Gasteiger partial charge in [0.15, 0.2) is 6.29 Å². The molecule has 2 atom stereocenters. The van der Waals surface area contributed by atoms with Crippen molar-refractivity contribution in [3.8, 4) is 5.75 Å². The van der Waals surface area contributed by atoms with Crippen LogP contribution in [0.25, 0.3) is 0 Å². The van der Waals surface area contributed by atoms with E-state index < -0.39 is 0 Å². The van der Waals surface area contributed by atoms with E-state index in [9.17, 15) is 4.79 Å². The normalized spacial score (nSPS) is 21.6. The Kier molecular flexibility index (Phi) is 4.31. The number of fused-ring (bicyclic) bond motifs is 1. The molecule has 116 valence electrons. The van der Waals surface area contributed by atoms with Crippen LogP contribution in [0, 0.1) is 0 Å². The molecule has 3 heteroatoms. The molecule has 2 rings (SSSR count). The van der Waals surface area contributed by atoms with Gasteiger partial charge >= 0.3 is 0 Å². The van der Waals surface area contributed by atoms with Crippen LogP contribution in [0.2, 0.25) is 0 Å². The lowest BCUT2D eigenvalue weighted by molar-refractivity contribution is 0.112. The first-order chi connectivity index (χ1) is 9.85. The van der Waals surface area contributed by atoms with Gasteiger partial charge in [-0.3, -0.25) is 4.79 Å². The van der Waals surface area contributed by atoms with Gasteiger partial charge in [0.25, 0.3) is 0 Å². The van der Waals surface area contributed by atoms with Crippen LogP contribution in [0.15, 0.2) is 12.1 Å². The summed E-state index contributed by atoms with van der Waals surface area (Å²) in [6, 6.07) is 4.51. The third kappa shape index (κ3) is 2.66. The number of benzene rings is 1. The number of hydrogen-bond donors (Lipinski definition) is 0. The molecule has 0 aromatic heterocycles. The van der Waals surface area contributed by atoms with Crippen molar-refractivity contribution >= 4 is 12.0 Å². The Morgan fingerprint density at radius 2 is 2.14 bits per heavy atom. The van der Waals surface area contributed by atoms with Crippen LogP contribution in [0.3, 0.4) is 0 Å². The van der Waals surface area contributed by atoms with Crippen LogP contribution >= 0.6 is 0 Å². The van der Waals surface area contributed by atoms with E-state index in [1.807, 2.05) is 12.1 Å². The van der Waals surface area contributed by atoms with Gasteiger partial charge in [0.1, 0.15) is 5.75 Å². The molecule has 0 saturated carbocycles. The number of carbonyl (C=O) groups is 1. The fraction of sp³-hybridized carbons (Fsp3) is 0.611. The SMILES string of the molecule is CC[C@H](C)N1c2cc(OC)c(C=O)cc2[C@@H](C)CC1(C)C. The number of nitrogens with zero attached hydrogens (tertiary/aromatic N) is 1. The molecular weight excluding hydrogens is 262 g/mol. The predicted octanol–water partition coefficient (Wildman–Crippen LogP) is 4.40. The van der Waals surface area contributed by atoms with Gasteiger partial charge in [0, 0.05) is 23.3 Å². The number of aldehydes is 1. The number of rotatable bonds is 4. The van der Waals surface area contributed by atoms with Gasteiger partial charge in [0.2, 0.25) is 0 Å². The summed E-state index contributed by atoms with van der Waals surface area (Å²) in [6.07, 6.45) is 3.07. The number of methoxy groups -OCH3 is 1. The highest BCUT2D eigenvalue weighted by Gasteiger charge is 2.38. The molecule has 0 fully saturated rings. The molecule has 1 aliphatic heterocycles. The van der Waals surface area contributed by atoms with Crippen molar-refractivity contribution < 1.29 is 9.53 Å². The lowest BCUT2D eigenvalue weighted by Gasteiger charge is -2.50. The third-order valence-electron chi connectivity index (χ3n) is 4.79. The van der Waals surface area contributed by atoms with Crippen molar-refractivity contribution in [2.45, 2.75) is 65.0 Å². The van der Waals surface area contributed by atoms with Gasteiger partial charge in [-0.25, -0.2) is 0 Å². The summed E-state index contributed by atoms with van der Waals surface area (Å²) < 4.78 is 5.41. The molecule has 0 bridgehead atoms. The molecule has 1 aliphatic rings. The second-order valence-corrected chi connectivity index (χ2v) is 6.82. The Labute approximate surface area is 128 Å². The first-order valence-electron chi connectivity index (χ1n) is 7.82. The van der Waals surface area contributed by atoms with Crippen molar-refractivity contribution in [3.63, 3.8) is 0 Å². The fourth-order valence-corrected chi connectivity index (χ4v) is 3.78. The lowest BCUT2D eigenvalue weighted by Crippen LogP contribution is -2.52. The summed E-state index contributed by atoms with van der Waals surface area (Å²) >= 11 is 0. The molecule has 21 heavy (non-hydrogen) atoms. The van der Waals surface area contributed by atoms with Gasteiger partial charge in [-0.05, 0) is 51.2 Å². The molecule has 1 aromatic rings. The summed E-state index contributed by atoms with van der Waals surface area (Å²) in [5, 5.41) is 0. The monoisotopic (exact) mass is 289 g/mol. The van der Waals surface area contributed by atoms with Gasteiger partial charge in [-0.2, -0.15) is 0 Å². The summed E-state index contributed by atoms with van der Waals surface area (Å²) in [6.45, 7) is 11.3. The Morgan fingerprint density at radius 1 is 1.48 bits per heavy atom. The van der Waals surface area contributed by atoms with Crippen LogP contribution in [-0.2, 0) is 0 Å². The minimum atomic E-state index is 0.107. The highest BCUT2D eigenvalue weighted by molar-refractivity contribution is 5.82. The molecule has 3 nitrogen and oxygen atoms in total. The molecule has 1 heterocycles. The molecule has 0 N–H and O–H groups in total. The summed E-state index contributed by atoms with van der Waals surface area (Å²) in [4.78, 5) is 13.8. The van der Waals surface area contributed by atoms with Crippen molar-refractivity contribution in [1.29, 1.82) is 0 Å². The van der Waals surface area contributed by atoms with Crippen LogP contribution in [-0.4, -0.2) is 25.0 Å². The summed E-state index contributed by atoms with van der Waals surface area (Å²) in [5.74, 6) is 1.11. The smallest absolute Gasteiger partial charge is 0.153 e. The molecule has 0 radical (unpaired) electrons. The number of anilines is 1. The second kappa shape index (κ2) is 5.70. The Bertz CT molecular complexity index is 536. The fourth-order valence-electron chi connectivity index (χ4n) is 3.78. The second-order valence-electron chi connectivity index (χ2n) is 6.82. The Hall–Kier alpha value is -1.51. The molecular formula is C18H27NO2. The van der Waals surface area contributed by atoms with Crippen molar-refractivity contribution in [2.24, 2.45) is 0 Å². The lowest BCUT2D eigenvalue weighted by atomic mass is 9.78. The zero-order valence-electron chi connectivity index (χ0n) is 14.1. The minimum absolute atomic E-state index is 0.107. The first-order valence-corrected chi connectivity index (χ1v) is 7.82.